The van der Waals surface area contributed by atoms with E-state index in [1.165, 1.54) is 5.56 Å². The molecule has 1 aliphatic carbocycles. The molecule has 1 aromatic rings. The van der Waals surface area contributed by atoms with Gasteiger partial charge in [-0.1, -0.05) is 19.1 Å². The molecule has 3 heteroatoms. The number of aliphatic hydroxyl groups excluding tert-OH is 1. The fraction of sp³-hybridized carbons (Fsp3) is 0.462. The molecule has 1 saturated carbocycles. The van der Waals surface area contributed by atoms with Crippen molar-refractivity contribution in [3.63, 3.8) is 0 Å². The number of benzene rings is 1. The number of carbonyl (C=O) groups is 1. The van der Waals surface area contributed by atoms with Crippen molar-refractivity contribution in [3.8, 4) is 0 Å². The number of amides is 1. The van der Waals surface area contributed by atoms with Gasteiger partial charge in [-0.05, 0) is 37.0 Å². The molecule has 2 rings (SSSR count). The Morgan fingerprint density at radius 1 is 1.38 bits per heavy atom. The molecule has 0 radical (unpaired) electrons. The second-order valence-electron chi connectivity index (χ2n) is 4.44. The van der Waals surface area contributed by atoms with Crippen molar-refractivity contribution < 1.29 is 9.90 Å². The van der Waals surface area contributed by atoms with Gasteiger partial charge in [-0.2, -0.15) is 0 Å². The van der Waals surface area contributed by atoms with Crippen LogP contribution in [0.1, 0.15) is 35.7 Å². The minimum atomic E-state index is -0.333. The third-order valence-electron chi connectivity index (χ3n) is 3.16. The lowest BCUT2D eigenvalue weighted by Gasteiger charge is -2.14. The van der Waals surface area contributed by atoms with Crippen molar-refractivity contribution in [1.29, 1.82) is 0 Å². The predicted octanol–water partition coefficient (Wildman–Crippen LogP) is 1.50. The van der Waals surface area contributed by atoms with E-state index in [1.807, 2.05) is 24.3 Å². The summed E-state index contributed by atoms with van der Waals surface area (Å²) in [5, 5.41) is 12.0. The predicted molar refractivity (Wildman–Crippen MR) is 62.3 cm³/mol. The van der Waals surface area contributed by atoms with Gasteiger partial charge in [0, 0.05) is 5.56 Å². The topological polar surface area (TPSA) is 49.3 Å². The van der Waals surface area contributed by atoms with Gasteiger partial charge in [0.25, 0.3) is 5.91 Å². The Labute approximate surface area is 95.5 Å². The summed E-state index contributed by atoms with van der Waals surface area (Å²) in [4.78, 5) is 11.8. The summed E-state index contributed by atoms with van der Waals surface area (Å²) in [7, 11) is 0. The number of rotatable bonds is 4. The molecule has 3 nitrogen and oxygen atoms in total. The third-order valence-corrected chi connectivity index (χ3v) is 3.16. The van der Waals surface area contributed by atoms with Gasteiger partial charge >= 0.3 is 0 Å². The van der Waals surface area contributed by atoms with E-state index < -0.39 is 0 Å². The molecule has 1 aliphatic rings. The molecule has 0 aromatic heterocycles. The fourth-order valence-corrected chi connectivity index (χ4v) is 1.68. The highest BCUT2D eigenvalue weighted by Gasteiger charge is 2.43. The number of aliphatic hydroxyl groups is 1. The quantitative estimate of drug-likeness (QED) is 0.806. The Balaban J connectivity index is 2.03. The SMILES string of the molecule is CCc1ccc(C(=O)NC2(CO)CC2)cc1. The molecule has 1 aromatic carbocycles. The highest BCUT2D eigenvalue weighted by molar-refractivity contribution is 5.95. The van der Waals surface area contributed by atoms with Crippen molar-refractivity contribution in [3.05, 3.63) is 35.4 Å². The lowest BCUT2D eigenvalue weighted by Crippen LogP contribution is -2.39. The van der Waals surface area contributed by atoms with Gasteiger partial charge in [0.15, 0.2) is 0 Å². The number of carbonyl (C=O) groups excluding carboxylic acids is 1. The summed E-state index contributed by atoms with van der Waals surface area (Å²) in [6.45, 7) is 2.12. The molecule has 2 N–H and O–H groups in total. The van der Waals surface area contributed by atoms with E-state index in [2.05, 4.69) is 12.2 Å². The van der Waals surface area contributed by atoms with Gasteiger partial charge in [0.2, 0.25) is 0 Å². The Kier molecular flexibility index (Phi) is 2.97. The third kappa shape index (κ3) is 2.25. The summed E-state index contributed by atoms with van der Waals surface area (Å²) >= 11 is 0. The molecule has 0 heterocycles. The van der Waals surface area contributed by atoms with E-state index in [4.69, 9.17) is 5.11 Å². The molecule has 0 unspecified atom stereocenters. The first-order valence-electron chi connectivity index (χ1n) is 5.71. The lowest BCUT2D eigenvalue weighted by molar-refractivity contribution is 0.0907. The first-order valence-corrected chi connectivity index (χ1v) is 5.71. The van der Waals surface area contributed by atoms with E-state index >= 15 is 0 Å². The summed E-state index contributed by atoms with van der Waals surface area (Å²) < 4.78 is 0. The zero-order chi connectivity index (χ0) is 11.6. The molecule has 86 valence electrons. The largest absolute Gasteiger partial charge is 0.394 e. The molecular weight excluding hydrogens is 202 g/mol. The number of nitrogens with one attached hydrogen (secondary N) is 1. The zero-order valence-corrected chi connectivity index (χ0v) is 9.49. The minimum absolute atomic E-state index is 0.0335. The van der Waals surface area contributed by atoms with Gasteiger partial charge in [-0.3, -0.25) is 4.79 Å². The normalized spacial score (nSPS) is 16.9. The van der Waals surface area contributed by atoms with Gasteiger partial charge in [0.1, 0.15) is 0 Å². The van der Waals surface area contributed by atoms with Crippen molar-refractivity contribution >= 4 is 5.91 Å². The maximum absolute atomic E-state index is 11.8. The molecular formula is C13H17NO2. The van der Waals surface area contributed by atoms with Crippen LogP contribution in [0, 0.1) is 0 Å². The van der Waals surface area contributed by atoms with Crippen LogP contribution in [0.5, 0.6) is 0 Å². The lowest BCUT2D eigenvalue weighted by atomic mass is 10.1. The summed E-state index contributed by atoms with van der Waals surface area (Å²) in [6.07, 6.45) is 2.73. The molecule has 0 saturated heterocycles. The van der Waals surface area contributed by atoms with Gasteiger partial charge in [-0.25, -0.2) is 0 Å². The minimum Gasteiger partial charge on any atom is -0.394 e. The van der Waals surface area contributed by atoms with Gasteiger partial charge < -0.3 is 10.4 Å². The van der Waals surface area contributed by atoms with Crippen molar-refractivity contribution in [2.45, 2.75) is 31.7 Å². The van der Waals surface area contributed by atoms with Crippen LogP contribution < -0.4 is 5.32 Å². The maximum atomic E-state index is 11.8. The van der Waals surface area contributed by atoms with Crippen LogP contribution in [0.3, 0.4) is 0 Å². The Hall–Kier alpha value is -1.35. The van der Waals surface area contributed by atoms with Crippen LogP contribution in [-0.4, -0.2) is 23.2 Å². The van der Waals surface area contributed by atoms with E-state index in [9.17, 15) is 4.79 Å². The highest BCUT2D eigenvalue weighted by Crippen LogP contribution is 2.34. The van der Waals surface area contributed by atoms with Crippen LogP contribution in [0.4, 0.5) is 0 Å². The zero-order valence-electron chi connectivity index (χ0n) is 9.49. The first-order chi connectivity index (χ1) is 7.69. The van der Waals surface area contributed by atoms with Crippen molar-refractivity contribution in [2.75, 3.05) is 6.61 Å². The molecule has 0 atom stereocenters. The van der Waals surface area contributed by atoms with Crippen LogP contribution >= 0.6 is 0 Å². The average Bonchev–Trinajstić information content (AvgIpc) is 3.09. The van der Waals surface area contributed by atoms with E-state index in [-0.39, 0.29) is 18.1 Å². The van der Waals surface area contributed by atoms with E-state index in [0.717, 1.165) is 19.3 Å². The summed E-state index contributed by atoms with van der Waals surface area (Å²) in [6, 6.07) is 7.60. The molecule has 0 spiro atoms. The second-order valence-corrected chi connectivity index (χ2v) is 4.44. The molecule has 0 aliphatic heterocycles. The smallest absolute Gasteiger partial charge is 0.251 e. The number of hydrogen-bond donors (Lipinski definition) is 2. The molecule has 1 amide bonds. The van der Waals surface area contributed by atoms with Crippen LogP contribution in [0.2, 0.25) is 0 Å². The Morgan fingerprint density at radius 3 is 2.44 bits per heavy atom. The highest BCUT2D eigenvalue weighted by atomic mass is 16.3. The Morgan fingerprint density at radius 2 is 2.00 bits per heavy atom. The van der Waals surface area contributed by atoms with Crippen molar-refractivity contribution in [2.24, 2.45) is 0 Å². The monoisotopic (exact) mass is 219 g/mol. The van der Waals surface area contributed by atoms with Gasteiger partial charge in [0.05, 0.1) is 12.1 Å². The molecule has 1 fully saturated rings. The molecule has 16 heavy (non-hydrogen) atoms. The van der Waals surface area contributed by atoms with Crippen LogP contribution in [0.15, 0.2) is 24.3 Å². The first kappa shape index (κ1) is 11.1. The van der Waals surface area contributed by atoms with E-state index in [1.54, 1.807) is 0 Å². The van der Waals surface area contributed by atoms with E-state index in [0.29, 0.717) is 5.56 Å². The standard InChI is InChI=1S/C13H17NO2/c1-2-10-3-5-11(6-4-10)12(16)14-13(9-15)7-8-13/h3-6,15H,2,7-9H2,1H3,(H,14,16). The van der Waals surface area contributed by atoms with Crippen LogP contribution in [0.25, 0.3) is 0 Å². The fourth-order valence-electron chi connectivity index (χ4n) is 1.68. The van der Waals surface area contributed by atoms with Crippen LogP contribution in [-0.2, 0) is 6.42 Å². The average molecular weight is 219 g/mol. The summed E-state index contributed by atoms with van der Waals surface area (Å²) in [5.41, 5.74) is 1.55. The summed E-state index contributed by atoms with van der Waals surface area (Å²) in [5.74, 6) is -0.0887. The second kappa shape index (κ2) is 4.26. The maximum Gasteiger partial charge on any atom is 0.251 e. The van der Waals surface area contributed by atoms with Crippen molar-refractivity contribution in [1.82, 2.24) is 5.32 Å². The number of hydrogen-bond acceptors (Lipinski definition) is 2. The van der Waals surface area contributed by atoms with Gasteiger partial charge in [-0.15, -0.1) is 0 Å². The number of aryl methyl sites for hydroxylation is 1. The molecule has 0 bridgehead atoms. The Bertz CT molecular complexity index is 379.